The number of aromatic nitrogens is 3. The van der Waals surface area contributed by atoms with Gasteiger partial charge in [0.25, 0.3) is 0 Å². The van der Waals surface area contributed by atoms with Gasteiger partial charge in [0.05, 0.1) is 38.3 Å². The second-order valence-electron chi connectivity index (χ2n) is 13.3. The van der Waals surface area contributed by atoms with Gasteiger partial charge in [-0.15, -0.1) is 0 Å². The molecule has 1 aliphatic rings. The molecule has 3 nitrogen and oxygen atoms in total. The van der Waals surface area contributed by atoms with Crippen molar-refractivity contribution in [1.29, 1.82) is 0 Å². The van der Waals surface area contributed by atoms with Gasteiger partial charge < -0.3 is 4.57 Å². The Hall–Kier alpha value is -6.23. The minimum atomic E-state index is 1.16. The lowest BCUT2D eigenvalue weighted by atomic mass is 10.0. The molecule has 0 atom stereocenters. The van der Waals surface area contributed by atoms with Crippen LogP contribution >= 0.6 is 11.8 Å². The quantitative estimate of drug-likeness (QED) is 0.181. The Morgan fingerprint density at radius 1 is 0.380 bits per heavy atom. The molecule has 232 valence electrons. The van der Waals surface area contributed by atoms with Crippen LogP contribution in [0, 0.1) is 0 Å². The van der Waals surface area contributed by atoms with E-state index in [0.29, 0.717) is 0 Å². The number of hydrogen-bond acceptors (Lipinski definition) is 1. The predicted octanol–water partition coefficient (Wildman–Crippen LogP) is 12.6. The predicted molar refractivity (Wildman–Crippen MR) is 211 cm³/mol. The molecule has 0 unspecified atom stereocenters. The van der Waals surface area contributed by atoms with E-state index in [1.165, 1.54) is 97.4 Å². The molecule has 50 heavy (non-hydrogen) atoms. The highest BCUT2D eigenvalue weighted by molar-refractivity contribution is 7.99. The molecule has 0 aliphatic carbocycles. The van der Waals surface area contributed by atoms with Crippen LogP contribution in [0.5, 0.6) is 0 Å². The molecule has 0 N–H and O–H groups in total. The maximum absolute atomic E-state index is 2.55. The molecule has 12 rings (SSSR count). The smallest absolute Gasteiger partial charge is 0.131 e. The van der Waals surface area contributed by atoms with Crippen molar-refractivity contribution in [1.82, 2.24) is 13.7 Å². The van der Waals surface area contributed by atoms with Gasteiger partial charge in [-0.25, -0.2) is 0 Å². The lowest BCUT2D eigenvalue weighted by molar-refractivity contribution is 1.01. The number of fused-ring (bicyclic) bond motifs is 13. The van der Waals surface area contributed by atoms with Crippen molar-refractivity contribution in [3.8, 4) is 17.1 Å². The van der Waals surface area contributed by atoms with Crippen molar-refractivity contribution < 1.29 is 0 Å². The molecule has 11 aromatic rings. The highest BCUT2D eigenvalue weighted by atomic mass is 32.2. The number of hydrogen-bond donors (Lipinski definition) is 0. The molecule has 8 aromatic carbocycles. The van der Waals surface area contributed by atoms with Crippen LogP contribution in [0.4, 0.5) is 0 Å². The zero-order chi connectivity index (χ0) is 32.5. The molecular formula is C46H27N3S. The first-order chi connectivity index (χ1) is 24.8. The molecular weight excluding hydrogens is 627 g/mol. The fourth-order valence-corrected chi connectivity index (χ4v) is 9.90. The molecule has 0 saturated carbocycles. The maximum Gasteiger partial charge on any atom is 0.131 e. The van der Waals surface area contributed by atoms with Crippen molar-refractivity contribution in [2.45, 2.75) is 9.79 Å². The summed E-state index contributed by atoms with van der Waals surface area (Å²) in [6.07, 6.45) is 0. The molecule has 1 aliphatic heterocycles. The number of rotatable bonds is 2. The fraction of sp³-hybridized carbons (Fsp3) is 0. The van der Waals surface area contributed by atoms with Crippen molar-refractivity contribution in [2.75, 3.05) is 0 Å². The number of benzene rings is 8. The molecule has 4 heterocycles. The van der Waals surface area contributed by atoms with E-state index in [1.54, 1.807) is 0 Å². The van der Waals surface area contributed by atoms with E-state index in [1.807, 2.05) is 11.8 Å². The van der Waals surface area contributed by atoms with Gasteiger partial charge in [0, 0.05) is 42.9 Å². The first kappa shape index (κ1) is 26.7. The van der Waals surface area contributed by atoms with Gasteiger partial charge in [0.15, 0.2) is 0 Å². The minimum absolute atomic E-state index is 1.16. The summed E-state index contributed by atoms with van der Waals surface area (Å²) < 4.78 is 7.55. The molecule has 4 heteroatoms. The van der Waals surface area contributed by atoms with Crippen molar-refractivity contribution in [3.05, 3.63) is 164 Å². The van der Waals surface area contributed by atoms with Crippen LogP contribution in [0.15, 0.2) is 174 Å². The topological polar surface area (TPSA) is 14.8 Å². The summed E-state index contributed by atoms with van der Waals surface area (Å²) in [4.78, 5) is 2.54. The van der Waals surface area contributed by atoms with E-state index in [9.17, 15) is 0 Å². The largest absolute Gasteiger partial charge is 0.307 e. The second-order valence-corrected chi connectivity index (χ2v) is 14.4. The van der Waals surface area contributed by atoms with Crippen LogP contribution in [-0.2, 0) is 0 Å². The van der Waals surface area contributed by atoms with Crippen LogP contribution in [0.2, 0.25) is 0 Å². The van der Waals surface area contributed by atoms with Crippen LogP contribution in [-0.4, -0.2) is 13.7 Å². The summed E-state index contributed by atoms with van der Waals surface area (Å²) in [5.74, 6) is 0. The van der Waals surface area contributed by atoms with Gasteiger partial charge >= 0.3 is 0 Å². The van der Waals surface area contributed by atoms with Crippen molar-refractivity contribution >= 4 is 88.0 Å². The average Bonchev–Trinajstić information content (AvgIpc) is 3.81. The molecule has 0 amide bonds. The Balaban J connectivity index is 1.26. The summed E-state index contributed by atoms with van der Waals surface area (Å²) in [7, 11) is 0. The third kappa shape index (κ3) is 3.36. The number of nitrogens with zero attached hydrogens (tertiary/aromatic N) is 3. The van der Waals surface area contributed by atoms with E-state index in [-0.39, 0.29) is 0 Å². The van der Waals surface area contributed by atoms with Crippen molar-refractivity contribution in [2.24, 2.45) is 0 Å². The minimum Gasteiger partial charge on any atom is -0.307 e. The Bertz CT molecular complexity index is 3230. The van der Waals surface area contributed by atoms with Crippen LogP contribution < -0.4 is 0 Å². The zero-order valence-corrected chi connectivity index (χ0v) is 27.7. The van der Waals surface area contributed by atoms with Crippen LogP contribution in [0.1, 0.15) is 0 Å². The monoisotopic (exact) mass is 653 g/mol. The molecule has 0 radical (unpaired) electrons. The van der Waals surface area contributed by atoms with Crippen molar-refractivity contribution in [3.63, 3.8) is 0 Å². The lowest BCUT2D eigenvalue weighted by Crippen LogP contribution is -2.08. The zero-order valence-electron chi connectivity index (χ0n) is 26.8. The Morgan fingerprint density at radius 3 is 1.92 bits per heavy atom. The van der Waals surface area contributed by atoms with Gasteiger partial charge in [-0.1, -0.05) is 127 Å². The fourth-order valence-electron chi connectivity index (χ4n) is 8.71. The standard InChI is InChI=1S/C46H27N3S/c1-2-15-31(16-3-1)47-37-20-9-8-18-34(37)42-35-19-10-23-41-44(35)49(46(42)47)39-22-11-21-38(45(39)50-41)48-40-27-30-14-5-4-13-29(30)26-36(40)33-25-24-28-12-6-7-17-32(28)43(33)48/h1-27H. The molecule has 0 fully saturated rings. The van der Waals surface area contributed by atoms with E-state index in [4.69, 9.17) is 0 Å². The van der Waals surface area contributed by atoms with Gasteiger partial charge in [-0.05, 0) is 64.7 Å². The van der Waals surface area contributed by atoms with Crippen LogP contribution in [0.3, 0.4) is 0 Å². The van der Waals surface area contributed by atoms with E-state index < -0.39 is 0 Å². The summed E-state index contributed by atoms with van der Waals surface area (Å²) >= 11 is 1.90. The van der Waals surface area contributed by atoms with E-state index >= 15 is 0 Å². The Morgan fingerprint density at radius 2 is 1.06 bits per heavy atom. The van der Waals surface area contributed by atoms with Gasteiger partial charge in [-0.3, -0.25) is 9.13 Å². The normalized spacial score (nSPS) is 12.7. The van der Waals surface area contributed by atoms with E-state index in [2.05, 4.69) is 177 Å². The molecule has 0 spiro atoms. The van der Waals surface area contributed by atoms with Gasteiger partial charge in [0.1, 0.15) is 5.65 Å². The third-order valence-electron chi connectivity index (χ3n) is 10.8. The average molecular weight is 654 g/mol. The first-order valence-electron chi connectivity index (χ1n) is 17.1. The van der Waals surface area contributed by atoms with E-state index in [0.717, 1.165) is 5.69 Å². The third-order valence-corrected chi connectivity index (χ3v) is 11.9. The Labute approximate surface area is 291 Å². The first-order valence-corrected chi connectivity index (χ1v) is 17.9. The lowest BCUT2D eigenvalue weighted by Gasteiger charge is -2.24. The SMILES string of the molecule is c1ccc(-n2c3ccccc3c3c4cccc5c4n(c32)-c2cccc(-n3c4cc6ccccc6cc4c4ccc6ccccc6c43)c2S5)cc1. The van der Waals surface area contributed by atoms with Gasteiger partial charge in [0.2, 0.25) is 0 Å². The Kier molecular flexibility index (Phi) is 5.17. The highest BCUT2D eigenvalue weighted by Gasteiger charge is 2.30. The molecule has 0 saturated heterocycles. The number of para-hydroxylation sites is 3. The summed E-state index contributed by atoms with van der Waals surface area (Å²) in [6.45, 7) is 0. The van der Waals surface area contributed by atoms with Crippen LogP contribution in [0.25, 0.3) is 93.3 Å². The summed E-state index contributed by atoms with van der Waals surface area (Å²) in [6, 6.07) is 60.3. The summed E-state index contributed by atoms with van der Waals surface area (Å²) in [5.41, 5.74) is 9.76. The van der Waals surface area contributed by atoms with Gasteiger partial charge in [-0.2, -0.15) is 0 Å². The molecule has 3 aromatic heterocycles. The summed E-state index contributed by atoms with van der Waals surface area (Å²) in [5, 5.41) is 11.4. The molecule has 0 bridgehead atoms. The highest BCUT2D eigenvalue weighted by Crippen LogP contribution is 2.52. The second kappa shape index (κ2) is 9.69. The maximum atomic E-state index is 2.55.